The van der Waals surface area contributed by atoms with E-state index in [9.17, 15) is 0 Å². The van der Waals surface area contributed by atoms with Crippen LogP contribution in [0.4, 0.5) is 5.95 Å². The highest BCUT2D eigenvalue weighted by atomic mass is 15.1. The zero-order valence-electron chi connectivity index (χ0n) is 9.98. The average molecular weight is 231 g/mol. The van der Waals surface area contributed by atoms with Crippen LogP contribution in [0.5, 0.6) is 0 Å². The van der Waals surface area contributed by atoms with E-state index >= 15 is 0 Å². The number of nitriles is 1. The van der Waals surface area contributed by atoms with Crippen LogP contribution in [0.15, 0.2) is 6.07 Å². The van der Waals surface area contributed by atoms with Crippen molar-refractivity contribution in [2.24, 2.45) is 5.73 Å². The van der Waals surface area contributed by atoms with Gasteiger partial charge in [0.05, 0.1) is 0 Å². The SMILES string of the molecule is Cc1cc(C#N)nc(NC2CCC(N)CC2)n1. The van der Waals surface area contributed by atoms with Crippen molar-refractivity contribution >= 4 is 5.95 Å². The number of anilines is 1. The van der Waals surface area contributed by atoms with E-state index in [0.717, 1.165) is 31.4 Å². The van der Waals surface area contributed by atoms with Gasteiger partial charge in [-0.3, -0.25) is 0 Å². The van der Waals surface area contributed by atoms with Gasteiger partial charge in [-0.25, -0.2) is 9.97 Å². The van der Waals surface area contributed by atoms with Gasteiger partial charge >= 0.3 is 0 Å². The van der Waals surface area contributed by atoms with Crippen molar-refractivity contribution in [3.05, 3.63) is 17.5 Å². The lowest BCUT2D eigenvalue weighted by molar-refractivity contribution is 0.410. The highest BCUT2D eigenvalue weighted by molar-refractivity contribution is 5.33. The number of aryl methyl sites for hydroxylation is 1. The van der Waals surface area contributed by atoms with Gasteiger partial charge in [-0.2, -0.15) is 5.26 Å². The van der Waals surface area contributed by atoms with Crippen molar-refractivity contribution in [2.75, 3.05) is 5.32 Å². The minimum absolute atomic E-state index is 0.334. The molecule has 17 heavy (non-hydrogen) atoms. The van der Waals surface area contributed by atoms with Crippen LogP contribution in [0, 0.1) is 18.3 Å². The largest absolute Gasteiger partial charge is 0.351 e. The molecule has 2 rings (SSSR count). The van der Waals surface area contributed by atoms with Crippen molar-refractivity contribution in [2.45, 2.75) is 44.7 Å². The fraction of sp³-hybridized carbons (Fsp3) is 0.583. The van der Waals surface area contributed by atoms with Crippen LogP contribution in [0.3, 0.4) is 0 Å². The van der Waals surface area contributed by atoms with E-state index in [1.807, 2.05) is 13.0 Å². The molecule has 0 radical (unpaired) electrons. The molecule has 0 atom stereocenters. The Morgan fingerprint density at radius 2 is 2.06 bits per heavy atom. The van der Waals surface area contributed by atoms with Crippen molar-refractivity contribution in [1.29, 1.82) is 5.26 Å². The molecule has 1 fully saturated rings. The molecule has 0 unspecified atom stereocenters. The second-order valence-corrected chi connectivity index (χ2v) is 4.59. The van der Waals surface area contributed by atoms with Crippen LogP contribution in [0.2, 0.25) is 0 Å². The number of hydrogen-bond acceptors (Lipinski definition) is 5. The van der Waals surface area contributed by atoms with Gasteiger partial charge in [-0.05, 0) is 38.7 Å². The molecule has 0 aromatic carbocycles. The molecule has 1 saturated carbocycles. The molecule has 1 aromatic rings. The van der Waals surface area contributed by atoms with Crippen molar-refractivity contribution < 1.29 is 0 Å². The van der Waals surface area contributed by atoms with Crippen LogP contribution in [0.25, 0.3) is 0 Å². The fourth-order valence-electron chi connectivity index (χ4n) is 2.14. The fourth-order valence-corrected chi connectivity index (χ4v) is 2.14. The van der Waals surface area contributed by atoms with E-state index in [1.165, 1.54) is 0 Å². The Morgan fingerprint density at radius 1 is 1.35 bits per heavy atom. The molecular weight excluding hydrogens is 214 g/mol. The van der Waals surface area contributed by atoms with Crippen LogP contribution in [0.1, 0.15) is 37.1 Å². The summed E-state index contributed by atoms with van der Waals surface area (Å²) in [6.07, 6.45) is 4.16. The number of nitrogens with one attached hydrogen (secondary N) is 1. The van der Waals surface area contributed by atoms with E-state index in [0.29, 0.717) is 23.7 Å². The van der Waals surface area contributed by atoms with Gasteiger partial charge in [0.2, 0.25) is 5.95 Å². The van der Waals surface area contributed by atoms with Crippen LogP contribution in [-0.4, -0.2) is 22.1 Å². The predicted molar refractivity (Wildman–Crippen MR) is 65.3 cm³/mol. The van der Waals surface area contributed by atoms with Gasteiger partial charge in [0.1, 0.15) is 11.8 Å². The molecule has 1 heterocycles. The molecule has 5 nitrogen and oxygen atoms in total. The lowest BCUT2D eigenvalue weighted by atomic mass is 9.92. The van der Waals surface area contributed by atoms with Crippen LogP contribution >= 0.6 is 0 Å². The summed E-state index contributed by atoms with van der Waals surface area (Å²) in [7, 11) is 0. The minimum Gasteiger partial charge on any atom is -0.351 e. The molecule has 0 bridgehead atoms. The second-order valence-electron chi connectivity index (χ2n) is 4.59. The molecule has 1 aromatic heterocycles. The van der Waals surface area contributed by atoms with Gasteiger partial charge in [0, 0.05) is 17.8 Å². The Hall–Kier alpha value is -1.67. The van der Waals surface area contributed by atoms with Crippen molar-refractivity contribution in [3.63, 3.8) is 0 Å². The molecule has 90 valence electrons. The summed E-state index contributed by atoms with van der Waals surface area (Å²) in [6.45, 7) is 1.87. The van der Waals surface area contributed by atoms with Gasteiger partial charge < -0.3 is 11.1 Å². The Labute approximate surface area is 101 Å². The van der Waals surface area contributed by atoms with E-state index in [4.69, 9.17) is 11.0 Å². The number of rotatable bonds is 2. The smallest absolute Gasteiger partial charge is 0.224 e. The van der Waals surface area contributed by atoms with E-state index in [-0.39, 0.29) is 0 Å². The van der Waals surface area contributed by atoms with Crippen LogP contribution < -0.4 is 11.1 Å². The first-order chi connectivity index (χ1) is 8.17. The summed E-state index contributed by atoms with van der Waals surface area (Å²) in [5, 5.41) is 12.1. The van der Waals surface area contributed by atoms with Gasteiger partial charge in [-0.15, -0.1) is 0 Å². The molecule has 5 heteroatoms. The maximum absolute atomic E-state index is 8.84. The van der Waals surface area contributed by atoms with Gasteiger partial charge in [-0.1, -0.05) is 0 Å². The Morgan fingerprint density at radius 3 is 2.71 bits per heavy atom. The summed E-state index contributed by atoms with van der Waals surface area (Å²) < 4.78 is 0. The summed E-state index contributed by atoms with van der Waals surface area (Å²) in [5.41, 5.74) is 7.08. The summed E-state index contributed by atoms with van der Waals surface area (Å²) in [4.78, 5) is 8.44. The monoisotopic (exact) mass is 231 g/mol. The first-order valence-corrected chi connectivity index (χ1v) is 5.95. The first kappa shape index (κ1) is 11.8. The molecular formula is C12H17N5. The standard InChI is InChI=1S/C12H17N5/c1-8-6-11(7-13)17-12(15-8)16-10-4-2-9(14)3-5-10/h6,9-10H,2-5,14H2,1H3,(H,15,16,17). The van der Waals surface area contributed by atoms with E-state index in [1.54, 1.807) is 6.07 Å². The van der Waals surface area contributed by atoms with Crippen molar-refractivity contribution in [1.82, 2.24) is 9.97 Å². The third kappa shape index (κ3) is 3.14. The molecule has 0 amide bonds. The third-order valence-electron chi connectivity index (χ3n) is 3.07. The molecule has 1 aliphatic carbocycles. The Bertz CT molecular complexity index is 429. The zero-order valence-corrected chi connectivity index (χ0v) is 9.98. The Kier molecular flexibility index (Phi) is 3.55. The minimum atomic E-state index is 0.334. The maximum Gasteiger partial charge on any atom is 0.224 e. The normalized spacial score (nSPS) is 24.1. The molecule has 1 aliphatic rings. The van der Waals surface area contributed by atoms with Gasteiger partial charge in [0.25, 0.3) is 0 Å². The van der Waals surface area contributed by atoms with Crippen LogP contribution in [-0.2, 0) is 0 Å². The maximum atomic E-state index is 8.84. The first-order valence-electron chi connectivity index (χ1n) is 5.95. The summed E-state index contributed by atoms with van der Waals surface area (Å²) in [6, 6.07) is 4.44. The number of hydrogen-bond donors (Lipinski definition) is 2. The zero-order chi connectivity index (χ0) is 12.3. The lowest BCUT2D eigenvalue weighted by Crippen LogP contribution is -2.33. The van der Waals surface area contributed by atoms with Gasteiger partial charge in [0.15, 0.2) is 0 Å². The second kappa shape index (κ2) is 5.11. The Balaban J connectivity index is 2.03. The summed E-state index contributed by atoms with van der Waals surface area (Å²) >= 11 is 0. The van der Waals surface area contributed by atoms with E-state index in [2.05, 4.69) is 15.3 Å². The molecule has 3 N–H and O–H groups in total. The molecule has 0 saturated heterocycles. The number of aromatic nitrogens is 2. The molecule has 0 aliphatic heterocycles. The van der Waals surface area contributed by atoms with E-state index < -0.39 is 0 Å². The quantitative estimate of drug-likeness (QED) is 0.802. The highest BCUT2D eigenvalue weighted by Crippen LogP contribution is 2.19. The molecule has 0 spiro atoms. The lowest BCUT2D eigenvalue weighted by Gasteiger charge is -2.26. The average Bonchev–Trinajstić information content (AvgIpc) is 2.31. The van der Waals surface area contributed by atoms with Crippen molar-refractivity contribution in [3.8, 4) is 6.07 Å². The summed E-state index contributed by atoms with van der Waals surface area (Å²) in [5.74, 6) is 0.557. The number of nitrogens with zero attached hydrogens (tertiary/aromatic N) is 3. The highest BCUT2D eigenvalue weighted by Gasteiger charge is 2.19. The number of nitrogens with two attached hydrogens (primary N) is 1. The predicted octanol–water partition coefficient (Wildman–Crippen LogP) is 1.34. The topological polar surface area (TPSA) is 87.6 Å². The third-order valence-corrected chi connectivity index (χ3v) is 3.07.